The van der Waals surface area contributed by atoms with Gasteiger partial charge in [0, 0.05) is 49.0 Å². The summed E-state index contributed by atoms with van der Waals surface area (Å²) in [6.07, 6.45) is 3.78. The summed E-state index contributed by atoms with van der Waals surface area (Å²) < 4.78 is 33.3. The molecule has 2 aliphatic heterocycles. The van der Waals surface area contributed by atoms with E-state index in [1.165, 1.54) is 13.2 Å². The zero-order valence-electron chi connectivity index (χ0n) is 17.8. The quantitative estimate of drug-likeness (QED) is 0.569. The Morgan fingerprint density at radius 3 is 2.91 bits per heavy atom. The van der Waals surface area contributed by atoms with Crippen LogP contribution in [0.3, 0.4) is 0 Å². The number of carbonyl (C=O) groups excluding carboxylic acids is 1. The molecule has 0 aromatic carbocycles. The first-order chi connectivity index (χ1) is 15.5. The van der Waals surface area contributed by atoms with E-state index >= 15 is 0 Å². The van der Waals surface area contributed by atoms with E-state index in [0.29, 0.717) is 47.8 Å². The number of amides is 1. The second-order valence-electron chi connectivity index (χ2n) is 7.72. The Bertz CT molecular complexity index is 1090. The second-order valence-corrected chi connectivity index (χ2v) is 7.72. The number of nitrogens with zero attached hydrogens (tertiary/aromatic N) is 3. The van der Waals surface area contributed by atoms with Gasteiger partial charge in [-0.05, 0) is 30.9 Å². The number of likely N-dealkylation sites (N-methyl/N-ethyl adjacent to an activating group) is 1. The largest absolute Gasteiger partial charge is 0.481 e. The van der Waals surface area contributed by atoms with Gasteiger partial charge in [0.05, 0.1) is 13.3 Å². The van der Waals surface area contributed by atoms with Gasteiger partial charge < -0.3 is 20.7 Å². The van der Waals surface area contributed by atoms with Gasteiger partial charge in [-0.15, -0.1) is 0 Å². The topological polar surface area (TPSA) is 101 Å². The van der Waals surface area contributed by atoms with Crippen LogP contribution in [-0.2, 0) is 17.8 Å². The van der Waals surface area contributed by atoms with Crippen molar-refractivity contribution in [3.05, 3.63) is 59.1 Å². The van der Waals surface area contributed by atoms with Crippen molar-refractivity contribution >= 4 is 17.6 Å². The lowest BCUT2D eigenvalue weighted by Crippen LogP contribution is -2.36. The van der Waals surface area contributed by atoms with E-state index in [-0.39, 0.29) is 24.3 Å². The minimum absolute atomic E-state index is 0.0393. The molecule has 0 spiro atoms. The maximum atomic E-state index is 14.7. The number of ether oxygens (including phenoxy) is 1. The predicted octanol–water partition coefficient (Wildman–Crippen LogP) is 2.19. The predicted molar refractivity (Wildman–Crippen MR) is 115 cm³/mol. The highest BCUT2D eigenvalue weighted by Crippen LogP contribution is 2.32. The van der Waals surface area contributed by atoms with Crippen molar-refractivity contribution in [2.24, 2.45) is 16.8 Å². The normalized spacial score (nSPS) is 19.4. The molecule has 10 heteroatoms. The lowest BCUT2D eigenvalue weighted by Gasteiger charge is -2.25. The van der Waals surface area contributed by atoms with Crippen LogP contribution in [0.5, 0.6) is 5.88 Å². The fraction of sp³-hybridized carbons (Fsp3) is 0.364. The van der Waals surface area contributed by atoms with E-state index in [1.54, 1.807) is 25.4 Å². The Labute approximate surface area is 184 Å². The summed E-state index contributed by atoms with van der Waals surface area (Å²) in [5.41, 5.74) is 1.64. The monoisotopic (exact) mass is 442 g/mol. The molecule has 4 heterocycles. The van der Waals surface area contributed by atoms with Crippen LogP contribution in [0, 0.1) is 23.6 Å². The molecule has 3 N–H and O–H groups in total. The first kappa shape index (κ1) is 21.7. The van der Waals surface area contributed by atoms with Crippen LogP contribution in [0.4, 0.5) is 14.6 Å². The summed E-state index contributed by atoms with van der Waals surface area (Å²) in [6.45, 7) is 0.746. The Morgan fingerprint density at radius 1 is 1.31 bits per heavy atom. The number of nitrogens with one attached hydrogen (secondary N) is 3. The lowest BCUT2D eigenvalue weighted by atomic mass is 9.82. The van der Waals surface area contributed by atoms with Crippen molar-refractivity contribution in [3.8, 4) is 5.88 Å². The molecule has 0 aliphatic carbocycles. The molecule has 0 radical (unpaired) electrons. The third-order valence-electron chi connectivity index (χ3n) is 5.72. The van der Waals surface area contributed by atoms with Gasteiger partial charge >= 0.3 is 0 Å². The molecular formula is C22H24F2N6O2. The molecule has 2 unspecified atom stereocenters. The second kappa shape index (κ2) is 9.29. The average Bonchev–Trinajstić information content (AvgIpc) is 3.20. The Hall–Kier alpha value is -3.56. The number of aromatic nitrogens is 2. The number of methoxy groups -OCH3 is 1. The number of aliphatic imine (C=N–C) groups is 1. The highest BCUT2D eigenvalue weighted by atomic mass is 19.1. The van der Waals surface area contributed by atoms with Crippen LogP contribution in [-0.4, -0.2) is 42.4 Å². The summed E-state index contributed by atoms with van der Waals surface area (Å²) >= 11 is 0. The molecular weight excluding hydrogens is 418 g/mol. The highest BCUT2D eigenvalue weighted by molar-refractivity contribution is 5.98. The number of carbonyl (C=O) groups is 1. The molecule has 0 bridgehead atoms. The van der Waals surface area contributed by atoms with Gasteiger partial charge in [0.1, 0.15) is 17.5 Å². The van der Waals surface area contributed by atoms with Crippen molar-refractivity contribution in [2.45, 2.75) is 19.4 Å². The van der Waals surface area contributed by atoms with Gasteiger partial charge in [-0.3, -0.25) is 9.79 Å². The molecule has 168 valence electrons. The van der Waals surface area contributed by atoms with Crippen LogP contribution >= 0.6 is 0 Å². The van der Waals surface area contributed by atoms with E-state index in [2.05, 4.69) is 30.9 Å². The molecule has 8 nitrogen and oxygen atoms in total. The molecule has 4 rings (SSSR count). The first-order valence-corrected chi connectivity index (χ1v) is 10.3. The SMILES string of the molecule is CNC(=O)C1=CNC2=NCC(Cc3ccc(NCc4cc(F)cnc4OC)nc3F)C2C1. The zero-order valence-corrected chi connectivity index (χ0v) is 17.8. The number of hydrogen-bond donors (Lipinski definition) is 3. The molecule has 2 aromatic heterocycles. The number of anilines is 1. The van der Waals surface area contributed by atoms with Crippen LogP contribution in [0.15, 0.2) is 41.2 Å². The van der Waals surface area contributed by atoms with Crippen molar-refractivity contribution < 1.29 is 18.3 Å². The molecule has 2 aromatic rings. The minimum atomic E-state index is -0.571. The van der Waals surface area contributed by atoms with Gasteiger partial charge in [-0.1, -0.05) is 6.07 Å². The molecule has 1 amide bonds. The third-order valence-corrected chi connectivity index (χ3v) is 5.72. The van der Waals surface area contributed by atoms with Gasteiger partial charge in [0.25, 0.3) is 0 Å². The van der Waals surface area contributed by atoms with E-state index in [1.807, 2.05) is 0 Å². The third kappa shape index (κ3) is 4.53. The van der Waals surface area contributed by atoms with Gasteiger partial charge in [0.15, 0.2) is 0 Å². The maximum Gasteiger partial charge on any atom is 0.248 e. The summed E-state index contributed by atoms with van der Waals surface area (Å²) in [5.74, 6) is 0.383. The molecule has 32 heavy (non-hydrogen) atoms. The number of amidine groups is 1. The van der Waals surface area contributed by atoms with Crippen LogP contribution in [0.1, 0.15) is 17.5 Å². The van der Waals surface area contributed by atoms with Crippen LogP contribution in [0.2, 0.25) is 0 Å². The summed E-state index contributed by atoms with van der Waals surface area (Å²) in [6, 6.07) is 4.68. The zero-order chi connectivity index (χ0) is 22.7. The maximum absolute atomic E-state index is 14.7. The first-order valence-electron chi connectivity index (χ1n) is 10.3. The fourth-order valence-corrected chi connectivity index (χ4v) is 4.04. The number of pyridine rings is 2. The molecule has 0 saturated carbocycles. The van der Waals surface area contributed by atoms with Crippen molar-refractivity contribution in [1.82, 2.24) is 20.6 Å². The average molecular weight is 442 g/mol. The van der Waals surface area contributed by atoms with Crippen LogP contribution in [0.25, 0.3) is 0 Å². The van der Waals surface area contributed by atoms with Crippen molar-refractivity contribution in [2.75, 3.05) is 26.0 Å². The fourth-order valence-electron chi connectivity index (χ4n) is 4.04. The number of fused-ring (bicyclic) bond motifs is 1. The molecule has 0 saturated heterocycles. The van der Waals surface area contributed by atoms with E-state index in [9.17, 15) is 13.6 Å². The Kier molecular flexibility index (Phi) is 6.29. The Balaban J connectivity index is 1.41. The molecule has 2 aliphatic rings. The van der Waals surface area contributed by atoms with Crippen molar-refractivity contribution in [3.63, 3.8) is 0 Å². The summed E-state index contributed by atoms with van der Waals surface area (Å²) in [5, 5.41) is 8.70. The van der Waals surface area contributed by atoms with Gasteiger partial charge in [0.2, 0.25) is 17.7 Å². The Morgan fingerprint density at radius 2 is 2.16 bits per heavy atom. The molecule has 2 atom stereocenters. The van der Waals surface area contributed by atoms with E-state index < -0.39 is 11.8 Å². The van der Waals surface area contributed by atoms with Crippen LogP contribution < -0.4 is 20.7 Å². The number of hydrogen-bond acceptors (Lipinski definition) is 7. The summed E-state index contributed by atoms with van der Waals surface area (Å²) in [7, 11) is 3.04. The minimum Gasteiger partial charge on any atom is -0.481 e. The molecule has 0 fully saturated rings. The van der Waals surface area contributed by atoms with E-state index in [4.69, 9.17) is 4.74 Å². The standard InChI is InChI=1S/C22H24F2N6O2/c1-25-21(31)14-7-17-13(8-27-20(17)28-9-14)5-12-3-4-18(30-19(12)24)26-10-15-6-16(23)11-29-22(15)32-2/h3-4,6,9,11,13,17H,5,7-8,10H2,1-2H3,(H,25,31)(H,26,30)(H,27,28). The number of halogens is 2. The summed E-state index contributed by atoms with van der Waals surface area (Å²) in [4.78, 5) is 24.4. The highest BCUT2D eigenvalue weighted by Gasteiger charge is 2.36. The van der Waals surface area contributed by atoms with E-state index in [0.717, 1.165) is 12.0 Å². The lowest BCUT2D eigenvalue weighted by molar-refractivity contribution is -0.117. The van der Waals surface area contributed by atoms with Gasteiger partial charge in [-0.2, -0.15) is 4.39 Å². The van der Waals surface area contributed by atoms with Crippen molar-refractivity contribution in [1.29, 1.82) is 0 Å². The smallest absolute Gasteiger partial charge is 0.248 e. The number of rotatable bonds is 7. The van der Waals surface area contributed by atoms with Gasteiger partial charge in [-0.25, -0.2) is 14.4 Å².